The number of carbonyl (C=O) groups excluding carboxylic acids is 1. The first-order valence-electron chi connectivity index (χ1n) is 14.7. The van der Waals surface area contributed by atoms with Gasteiger partial charge < -0.3 is 5.11 Å². The van der Waals surface area contributed by atoms with E-state index in [4.69, 9.17) is 0 Å². The van der Waals surface area contributed by atoms with Gasteiger partial charge in [0.15, 0.2) is 5.78 Å². The van der Waals surface area contributed by atoms with Crippen molar-refractivity contribution in [2.24, 2.45) is 10.8 Å². The van der Waals surface area contributed by atoms with Gasteiger partial charge >= 0.3 is 0 Å². The molecule has 0 amide bonds. The number of halogens is 2. The van der Waals surface area contributed by atoms with Gasteiger partial charge in [0.2, 0.25) is 0 Å². The molecule has 1 N–H and O–H groups in total. The van der Waals surface area contributed by atoms with Gasteiger partial charge in [-0.25, -0.2) is 13.8 Å². The number of aryl methyl sites for hydroxylation is 3. The van der Waals surface area contributed by atoms with Gasteiger partial charge in [0.1, 0.15) is 11.6 Å². The average Bonchev–Trinajstić information content (AvgIpc) is 2.94. The van der Waals surface area contributed by atoms with Crippen molar-refractivity contribution in [1.29, 1.82) is 0 Å². The molecule has 1 aromatic heterocycles. The number of ketones is 1. The van der Waals surface area contributed by atoms with Crippen molar-refractivity contribution < 1.29 is 38.8 Å². The van der Waals surface area contributed by atoms with Gasteiger partial charge in [0, 0.05) is 54.0 Å². The number of aliphatic hydroxyl groups excluding tert-OH is 1. The normalized spacial score (nSPS) is 12.1. The first-order valence-corrected chi connectivity index (χ1v) is 14.7. The Hall–Kier alpha value is -3.02. The third-order valence-corrected chi connectivity index (χ3v) is 8.89. The molecule has 0 saturated heterocycles. The Balaban J connectivity index is 0.000000318. The molecule has 4 nitrogen and oxygen atoms in total. The van der Waals surface area contributed by atoms with E-state index in [0.717, 1.165) is 59.0 Å². The summed E-state index contributed by atoms with van der Waals surface area (Å²) < 4.78 is 27.3. The molecule has 0 aliphatic heterocycles. The Morgan fingerprint density at radius 1 is 0.907 bits per heavy atom. The molecule has 0 unspecified atom stereocenters. The number of hydrogen-bond acceptors (Lipinski definition) is 4. The van der Waals surface area contributed by atoms with E-state index in [1.807, 2.05) is 60.6 Å². The maximum Gasteiger partial charge on any atom is 0.164 e. The van der Waals surface area contributed by atoms with Crippen molar-refractivity contribution in [3.8, 4) is 11.3 Å². The number of allylic oxidation sites excluding steroid dienone is 2. The topological polar surface area (TPSA) is 63.1 Å². The zero-order valence-corrected chi connectivity index (χ0v) is 29.1. The number of rotatable bonds is 8. The fourth-order valence-corrected chi connectivity index (χ4v) is 5.08. The molecule has 4 rings (SSSR count). The summed E-state index contributed by atoms with van der Waals surface area (Å²) in [6.45, 7) is 18.0. The van der Waals surface area contributed by atoms with E-state index in [9.17, 15) is 18.7 Å². The van der Waals surface area contributed by atoms with E-state index >= 15 is 0 Å². The van der Waals surface area contributed by atoms with Crippen LogP contribution in [0.1, 0.15) is 84.2 Å². The van der Waals surface area contributed by atoms with Crippen LogP contribution in [0.15, 0.2) is 48.2 Å². The fourth-order valence-electron chi connectivity index (χ4n) is 5.08. The quantitative estimate of drug-likeness (QED) is 0.0840. The van der Waals surface area contributed by atoms with Crippen LogP contribution in [0.2, 0.25) is 0 Å². The maximum absolute atomic E-state index is 13.7. The van der Waals surface area contributed by atoms with E-state index in [0.29, 0.717) is 11.5 Å². The SMILES string of the molecule is CCC(C)(CC)C(=O)/C=C(\O)C(C)(CC)CC.Cc1cc(C)c2c(ccc3c(-c4[c-]c(F)cc(F)c4)nc(C)nc32)c1.[Ir]. The summed E-state index contributed by atoms with van der Waals surface area (Å²) in [7, 11) is 0. The number of benzene rings is 3. The Kier molecular flexibility index (Phi) is 12.3. The zero-order chi connectivity index (χ0) is 31.4. The summed E-state index contributed by atoms with van der Waals surface area (Å²) in [6.07, 6.45) is 4.75. The van der Waals surface area contributed by atoms with Gasteiger partial charge in [-0.05, 0) is 68.5 Å². The monoisotopic (exact) mass is 766 g/mol. The molecule has 0 fully saturated rings. The van der Waals surface area contributed by atoms with Crippen LogP contribution >= 0.6 is 0 Å². The summed E-state index contributed by atoms with van der Waals surface area (Å²) in [5.74, 6) is -0.558. The number of nitrogens with zero attached hydrogens (tertiary/aromatic N) is 2. The van der Waals surface area contributed by atoms with Gasteiger partial charge in [0.05, 0.1) is 5.52 Å². The molecule has 0 aliphatic rings. The van der Waals surface area contributed by atoms with Crippen molar-refractivity contribution in [1.82, 2.24) is 9.97 Å². The smallest absolute Gasteiger partial charge is 0.164 e. The second-order valence-electron chi connectivity index (χ2n) is 11.8. The Morgan fingerprint density at radius 2 is 1.51 bits per heavy atom. The molecule has 43 heavy (non-hydrogen) atoms. The molecule has 1 heterocycles. The minimum atomic E-state index is -0.744. The van der Waals surface area contributed by atoms with Crippen molar-refractivity contribution in [3.05, 3.63) is 82.9 Å². The van der Waals surface area contributed by atoms with Crippen LogP contribution in [0.3, 0.4) is 0 Å². The van der Waals surface area contributed by atoms with Crippen LogP contribution < -0.4 is 0 Å². The van der Waals surface area contributed by atoms with E-state index in [2.05, 4.69) is 35.1 Å². The molecule has 0 spiro atoms. The minimum Gasteiger partial charge on any atom is -0.512 e. The van der Waals surface area contributed by atoms with Crippen molar-refractivity contribution >= 4 is 27.5 Å². The first kappa shape index (κ1) is 36.2. The largest absolute Gasteiger partial charge is 0.512 e. The predicted molar refractivity (Wildman–Crippen MR) is 169 cm³/mol. The Morgan fingerprint density at radius 3 is 2.07 bits per heavy atom. The molecule has 0 bridgehead atoms. The molecular formula is C36H43F2IrN2O2-. The predicted octanol–water partition coefficient (Wildman–Crippen LogP) is 10.1. The summed E-state index contributed by atoms with van der Waals surface area (Å²) in [5, 5.41) is 13.0. The zero-order valence-electron chi connectivity index (χ0n) is 26.7. The first-order chi connectivity index (χ1) is 19.7. The van der Waals surface area contributed by atoms with Crippen LogP contribution in [-0.4, -0.2) is 20.9 Å². The second-order valence-corrected chi connectivity index (χ2v) is 11.8. The Bertz CT molecular complexity index is 1620. The summed E-state index contributed by atoms with van der Waals surface area (Å²) >= 11 is 0. The molecule has 0 atom stereocenters. The van der Waals surface area contributed by atoms with Gasteiger partial charge in [-0.3, -0.25) is 9.78 Å². The van der Waals surface area contributed by atoms with Gasteiger partial charge in [-0.2, -0.15) is 0 Å². The molecule has 0 aliphatic carbocycles. The third-order valence-electron chi connectivity index (χ3n) is 8.89. The maximum atomic E-state index is 13.7. The molecule has 4 aromatic rings. The third kappa shape index (κ3) is 7.93. The Labute approximate surface area is 268 Å². The number of aromatic nitrogens is 2. The minimum absolute atomic E-state index is 0. The van der Waals surface area contributed by atoms with E-state index < -0.39 is 11.6 Å². The molecule has 0 saturated carbocycles. The van der Waals surface area contributed by atoms with Crippen LogP contribution in [0.5, 0.6) is 0 Å². The summed E-state index contributed by atoms with van der Waals surface area (Å²) in [5.41, 5.74) is 3.25. The fraction of sp³-hybridized carbons (Fsp3) is 0.417. The van der Waals surface area contributed by atoms with Crippen LogP contribution in [0.25, 0.3) is 32.9 Å². The number of fused-ring (bicyclic) bond motifs is 3. The molecule has 233 valence electrons. The van der Waals surface area contributed by atoms with E-state index in [-0.39, 0.29) is 48.0 Å². The number of aliphatic hydroxyl groups is 1. The van der Waals surface area contributed by atoms with Crippen LogP contribution in [0.4, 0.5) is 8.78 Å². The number of hydrogen-bond donors (Lipinski definition) is 1. The summed E-state index contributed by atoms with van der Waals surface area (Å²) in [6, 6.07) is 12.7. The van der Waals surface area contributed by atoms with Gasteiger partial charge in [-0.15, -0.1) is 17.7 Å². The van der Waals surface area contributed by atoms with E-state index in [1.165, 1.54) is 17.7 Å². The van der Waals surface area contributed by atoms with Crippen LogP contribution in [0, 0.1) is 49.3 Å². The molecule has 3 aromatic carbocycles. The van der Waals surface area contributed by atoms with Crippen molar-refractivity contribution in [2.45, 2.75) is 88.0 Å². The van der Waals surface area contributed by atoms with Crippen molar-refractivity contribution in [2.75, 3.05) is 0 Å². The van der Waals surface area contributed by atoms with Crippen molar-refractivity contribution in [3.63, 3.8) is 0 Å². The van der Waals surface area contributed by atoms with Gasteiger partial charge in [-0.1, -0.05) is 77.4 Å². The van der Waals surface area contributed by atoms with E-state index in [1.54, 1.807) is 6.92 Å². The molecular weight excluding hydrogens is 723 g/mol. The average molecular weight is 766 g/mol. The van der Waals surface area contributed by atoms with Gasteiger partial charge in [0.25, 0.3) is 0 Å². The summed E-state index contributed by atoms with van der Waals surface area (Å²) in [4.78, 5) is 21.2. The molecule has 7 heteroatoms. The second kappa shape index (κ2) is 14.6. The number of carbonyl (C=O) groups is 1. The standard InChI is InChI=1S/C21H15F2N2.C15H28O2.Ir/c1-11-6-12(2)19-14(7-11)4-5-18-20(24-13(3)25-21(18)19)15-8-16(22)10-17(23)9-15;1-7-14(5,8-2)12(16)11-13(17)15(6,9-3)10-4;/h4-8,10H,1-3H3;11,16H,7-10H2,1-6H3;/q-1;;/b;12-11-;. The molecule has 1 radical (unpaired) electrons. The van der Waals surface area contributed by atoms with Crippen LogP contribution in [-0.2, 0) is 24.9 Å².